The smallest absolute Gasteiger partial charge is 0.138 e. The van der Waals surface area contributed by atoms with Crippen molar-refractivity contribution in [3.63, 3.8) is 0 Å². The average Bonchev–Trinajstić information content (AvgIpc) is 3.23. The van der Waals surface area contributed by atoms with E-state index in [-0.39, 0.29) is 0 Å². The molecule has 0 unspecified atom stereocenters. The number of rotatable bonds is 2. The molecule has 5 rings (SSSR count). The number of H-pyrrole nitrogens is 1. The van der Waals surface area contributed by atoms with Crippen molar-refractivity contribution in [2.24, 2.45) is 7.05 Å². The normalized spacial score (nSPS) is 16.0. The summed E-state index contributed by atoms with van der Waals surface area (Å²) in [4.78, 5) is 12.8. The number of nitrogens with zero attached hydrogens (tertiary/aromatic N) is 5. The van der Waals surface area contributed by atoms with Crippen LogP contribution >= 0.6 is 0 Å². The van der Waals surface area contributed by atoms with Gasteiger partial charge >= 0.3 is 0 Å². The average molecular weight is 346 g/mol. The fourth-order valence-electron chi connectivity index (χ4n) is 3.79. The van der Waals surface area contributed by atoms with Crippen LogP contribution in [-0.2, 0) is 7.05 Å². The summed E-state index contributed by atoms with van der Waals surface area (Å²) in [5.41, 5.74) is 5.54. The van der Waals surface area contributed by atoms with Crippen LogP contribution in [0.25, 0.3) is 33.1 Å². The summed E-state index contributed by atoms with van der Waals surface area (Å²) in [6.45, 7) is 4.28. The topological polar surface area (TPSA) is 53.0 Å². The van der Waals surface area contributed by atoms with E-state index in [1.54, 1.807) is 0 Å². The summed E-state index contributed by atoms with van der Waals surface area (Å²) in [5.74, 6) is 0. The first-order valence-electron chi connectivity index (χ1n) is 9.02. The molecule has 1 aromatic carbocycles. The highest BCUT2D eigenvalue weighted by molar-refractivity contribution is 5.97. The third-order valence-corrected chi connectivity index (χ3v) is 5.32. The Morgan fingerprint density at radius 3 is 2.73 bits per heavy atom. The highest BCUT2D eigenvalue weighted by Gasteiger charge is 2.16. The Morgan fingerprint density at radius 2 is 1.88 bits per heavy atom. The minimum absolute atomic E-state index is 0.934. The van der Waals surface area contributed by atoms with Gasteiger partial charge in [-0.1, -0.05) is 6.07 Å². The first kappa shape index (κ1) is 15.4. The summed E-state index contributed by atoms with van der Waals surface area (Å²) < 4.78 is 1.86. The van der Waals surface area contributed by atoms with Gasteiger partial charge in [0, 0.05) is 62.0 Å². The van der Waals surface area contributed by atoms with Crippen molar-refractivity contribution in [3.05, 3.63) is 42.9 Å². The van der Waals surface area contributed by atoms with Crippen molar-refractivity contribution < 1.29 is 0 Å². The molecule has 26 heavy (non-hydrogen) atoms. The zero-order valence-corrected chi connectivity index (χ0v) is 15.1. The van der Waals surface area contributed by atoms with E-state index in [4.69, 9.17) is 0 Å². The molecular formula is C20H22N6. The molecule has 0 aliphatic carbocycles. The van der Waals surface area contributed by atoms with Crippen molar-refractivity contribution >= 4 is 27.6 Å². The Morgan fingerprint density at radius 1 is 1.04 bits per heavy atom. The molecule has 0 amide bonds. The van der Waals surface area contributed by atoms with Gasteiger partial charge in [0.05, 0.1) is 17.4 Å². The lowest BCUT2D eigenvalue weighted by Crippen LogP contribution is -2.44. The molecule has 0 atom stereocenters. The number of aryl methyl sites for hydroxylation is 1. The largest absolute Gasteiger partial charge is 0.368 e. The summed E-state index contributed by atoms with van der Waals surface area (Å²) in [5, 5.41) is 6.79. The maximum Gasteiger partial charge on any atom is 0.138 e. The van der Waals surface area contributed by atoms with Crippen LogP contribution in [0.5, 0.6) is 0 Å². The lowest BCUT2D eigenvalue weighted by atomic mass is 10.0. The number of nitrogens with one attached hydrogen (secondary N) is 1. The van der Waals surface area contributed by atoms with E-state index in [0.29, 0.717) is 0 Å². The van der Waals surface area contributed by atoms with Crippen molar-refractivity contribution in [2.45, 2.75) is 0 Å². The van der Waals surface area contributed by atoms with Crippen LogP contribution in [0, 0.1) is 0 Å². The molecule has 1 aliphatic rings. The number of fused-ring (bicyclic) bond motifs is 2. The van der Waals surface area contributed by atoms with Crippen molar-refractivity contribution in [3.8, 4) is 11.1 Å². The van der Waals surface area contributed by atoms with Crippen LogP contribution < -0.4 is 4.90 Å². The molecule has 0 saturated carbocycles. The molecule has 6 heteroatoms. The predicted octanol–water partition coefficient (Wildman–Crippen LogP) is 2.87. The molecule has 1 fully saturated rings. The van der Waals surface area contributed by atoms with E-state index in [0.717, 1.165) is 42.7 Å². The number of anilines is 1. The van der Waals surface area contributed by atoms with Gasteiger partial charge in [0.15, 0.2) is 0 Å². The van der Waals surface area contributed by atoms with Gasteiger partial charge in [0.1, 0.15) is 5.65 Å². The maximum atomic E-state index is 4.66. The highest BCUT2D eigenvalue weighted by Crippen LogP contribution is 2.32. The Bertz CT molecular complexity index is 1080. The third-order valence-electron chi connectivity index (χ3n) is 5.32. The molecule has 0 bridgehead atoms. The van der Waals surface area contributed by atoms with Gasteiger partial charge in [-0.2, -0.15) is 5.10 Å². The molecule has 0 radical (unpaired) electrons. The Kier molecular flexibility index (Phi) is 3.46. The van der Waals surface area contributed by atoms with Crippen molar-refractivity contribution in [2.75, 3.05) is 38.1 Å². The fourth-order valence-corrected chi connectivity index (χ4v) is 3.79. The van der Waals surface area contributed by atoms with Gasteiger partial charge < -0.3 is 14.8 Å². The number of aromatic nitrogens is 4. The third kappa shape index (κ3) is 2.54. The Hall–Kier alpha value is -2.86. The number of benzene rings is 1. The number of hydrogen-bond donors (Lipinski definition) is 1. The number of aromatic amines is 1. The molecule has 6 nitrogen and oxygen atoms in total. The minimum Gasteiger partial charge on any atom is -0.368 e. The van der Waals surface area contributed by atoms with Gasteiger partial charge in [0.2, 0.25) is 0 Å². The summed E-state index contributed by atoms with van der Waals surface area (Å²) in [6, 6.07) is 8.70. The minimum atomic E-state index is 0.934. The molecule has 4 aromatic rings. The number of likely N-dealkylation sites (N-methyl/N-ethyl adjacent to an activating group) is 1. The van der Waals surface area contributed by atoms with Gasteiger partial charge in [-0.15, -0.1) is 0 Å². The predicted molar refractivity (Wildman–Crippen MR) is 106 cm³/mol. The molecule has 1 aliphatic heterocycles. The van der Waals surface area contributed by atoms with Crippen LogP contribution in [0.2, 0.25) is 0 Å². The van der Waals surface area contributed by atoms with E-state index in [1.807, 2.05) is 17.9 Å². The SMILES string of the molecule is CN1CCN(c2cnc3[nH]cc(-c4ccc5nn(C)cc5c4)c3c2)CC1. The maximum absolute atomic E-state index is 4.66. The van der Waals surface area contributed by atoms with E-state index < -0.39 is 0 Å². The number of piperazine rings is 1. The van der Waals surface area contributed by atoms with Gasteiger partial charge in [-0.25, -0.2) is 4.98 Å². The van der Waals surface area contributed by atoms with E-state index in [9.17, 15) is 0 Å². The molecule has 0 spiro atoms. The summed E-state index contributed by atoms with van der Waals surface area (Å²) in [6.07, 6.45) is 6.10. The quantitative estimate of drug-likeness (QED) is 0.606. The summed E-state index contributed by atoms with van der Waals surface area (Å²) in [7, 11) is 4.13. The number of pyridine rings is 1. The molecule has 1 N–H and O–H groups in total. The van der Waals surface area contributed by atoms with Crippen LogP contribution in [0.4, 0.5) is 5.69 Å². The van der Waals surface area contributed by atoms with Crippen LogP contribution in [-0.4, -0.2) is 57.9 Å². The fraction of sp³-hybridized carbons (Fsp3) is 0.300. The van der Waals surface area contributed by atoms with Gasteiger partial charge in [0.25, 0.3) is 0 Å². The van der Waals surface area contributed by atoms with Crippen molar-refractivity contribution in [1.82, 2.24) is 24.6 Å². The van der Waals surface area contributed by atoms with E-state index >= 15 is 0 Å². The zero-order chi connectivity index (χ0) is 17.7. The lowest BCUT2D eigenvalue weighted by molar-refractivity contribution is 0.313. The van der Waals surface area contributed by atoms with E-state index in [1.165, 1.54) is 22.2 Å². The van der Waals surface area contributed by atoms with Crippen LogP contribution in [0.3, 0.4) is 0 Å². The van der Waals surface area contributed by atoms with Gasteiger partial charge in [-0.05, 0) is 30.8 Å². The monoisotopic (exact) mass is 346 g/mol. The summed E-state index contributed by atoms with van der Waals surface area (Å²) >= 11 is 0. The molecule has 1 saturated heterocycles. The number of hydrogen-bond acceptors (Lipinski definition) is 4. The Balaban J connectivity index is 1.57. The van der Waals surface area contributed by atoms with Gasteiger partial charge in [-0.3, -0.25) is 4.68 Å². The first-order chi connectivity index (χ1) is 12.7. The standard InChI is InChI=1S/C20H22N6/c1-24-5-7-26(8-6-24)16-10-17-18(12-22-20(17)21-11-16)14-3-4-19-15(9-14)13-25(2)23-19/h3-4,9-13H,5-8H2,1-2H3,(H,21,22). The second-order valence-corrected chi connectivity index (χ2v) is 7.16. The van der Waals surface area contributed by atoms with E-state index in [2.05, 4.69) is 68.6 Å². The highest BCUT2D eigenvalue weighted by atomic mass is 15.3. The first-order valence-corrected chi connectivity index (χ1v) is 9.02. The Labute approximate surface area is 152 Å². The molecule has 4 heterocycles. The lowest BCUT2D eigenvalue weighted by Gasteiger charge is -2.33. The second kappa shape index (κ2) is 5.85. The second-order valence-electron chi connectivity index (χ2n) is 7.16. The molecular weight excluding hydrogens is 324 g/mol. The van der Waals surface area contributed by atoms with Crippen LogP contribution in [0.15, 0.2) is 42.9 Å². The van der Waals surface area contributed by atoms with Crippen molar-refractivity contribution in [1.29, 1.82) is 0 Å². The molecule has 132 valence electrons. The van der Waals surface area contributed by atoms with Crippen LogP contribution in [0.1, 0.15) is 0 Å². The zero-order valence-electron chi connectivity index (χ0n) is 15.1. The molecule has 3 aromatic heterocycles.